The highest BCUT2D eigenvalue weighted by atomic mass is 79.9. The molecule has 0 bridgehead atoms. The van der Waals surface area contributed by atoms with Crippen molar-refractivity contribution in [3.63, 3.8) is 0 Å². The van der Waals surface area contributed by atoms with Gasteiger partial charge in [0.15, 0.2) is 0 Å². The Hall–Kier alpha value is -1.42. The fraction of sp³-hybridized carbons (Fsp3) is 0.200. The fourth-order valence-electron chi connectivity index (χ4n) is 1.83. The van der Waals surface area contributed by atoms with Gasteiger partial charge in [-0.15, -0.1) is 0 Å². The van der Waals surface area contributed by atoms with E-state index in [9.17, 15) is 8.78 Å². The van der Waals surface area contributed by atoms with Crippen LogP contribution in [0, 0.1) is 11.6 Å². The lowest BCUT2D eigenvalue weighted by Gasteiger charge is -2.12. The van der Waals surface area contributed by atoms with Gasteiger partial charge in [0.2, 0.25) is 0 Å². The predicted molar refractivity (Wildman–Crippen MR) is 74.7 cm³/mol. The maximum atomic E-state index is 13.6. The second-order valence-electron chi connectivity index (χ2n) is 4.19. The van der Waals surface area contributed by atoms with E-state index in [2.05, 4.69) is 15.9 Å². The van der Waals surface area contributed by atoms with Crippen LogP contribution in [0.25, 0.3) is 0 Å². The lowest BCUT2D eigenvalue weighted by Crippen LogP contribution is -1.99. The molecule has 0 saturated heterocycles. The maximum absolute atomic E-state index is 13.6. The molecule has 0 aliphatic heterocycles. The molecule has 0 amide bonds. The summed E-state index contributed by atoms with van der Waals surface area (Å²) >= 11 is 3.44. The molecule has 0 N–H and O–H groups in total. The molecule has 1 unspecified atom stereocenters. The van der Waals surface area contributed by atoms with Gasteiger partial charge in [-0.1, -0.05) is 34.1 Å². The van der Waals surface area contributed by atoms with Gasteiger partial charge in [-0.25, -0.2) is 8.78 Å². The third kappa shape index (κ3) is 3.53. The number of hydrogen-bond acceptors (Lipinski definition) is 1. The molecule has 2 aromatic carbocycles. The van der Waals surface area contributed by atoms with Crippen LogP contribution in [0.5, 0.6) is 5.75 Å². The van der Waals surface area contributed by atoms with Crippen molar-refractivity contribution in [3.8, 4) is 5.75 Å². The van der Waals surface area contributed by atoms with Crippen LogP contribution >= 0.6 is 15.9 Å². The zero-order chi connectivity index (χ0) is 13.8. The molecule has 2 rings (SSSR count). The van der Waals surface area contributed by atoms with Crippen LogP contribution in [-0.2, 0) is 6.42 Å². The molecule has 100 valence electrons. The molecule has 0 heterocycles. The largest absolute Gasteiger partial charge is 0.497 e. The minimum atomic E-state index is -0.564. The summed E-state index contributed by atoms with van der Waals surface area (Å²) in [5.41, 5.74) is 1.50. The van der Waals surface area contributed by atoms with E-state index in [0.717, 1.165) is 17.4 Å². The number of alkyl halides is 1. The van der Waals surface area contributed by atoms with E-state index in [-0.39, 0.29) is 4.83 Å². The van der Waals surface area contributed by atoms with Gasteiger partial charge in [0.05, 0.1) is 7.11 Å². The van der Waals surface area contributed by atoms with Crippen molar-refractivity contribution in [1.82, 2.24) is 0 Å². The van der Waals surface area contributed by atoms with E-state index in [4.69, 9.17) is 4.74 Å². The fourth-order valence-corrected chi connectivity index (χ4v) is 2.58. The van der Waals surface area contributed by atoms with Crippen molar-refractivity contribution < 1.29 is 13.5 Å². The Bertz CT molecular complexity index is 555. The standard InChI is InChI=1S/C15H13BrF2O/c1-19-12-5-2-10(3-6-12)8-14(16)13-7-4-11(17)9-15(13)18/h2-7,9,14H,8H2,1H3. The SMILES string of the molecule is COc1ccc(CC(Br)c2ccc(F)cc2F)cc1. The predicted octanol–water partition coefficient (Wildman–Crippen LogP) is 4.65. The van der Waals surface area contributed by atoms with Gasteiger partial charge < -0.3 is 4.74 Å². The van der Waals surface area contributed by atoms with Crippen molar-refractivity contribution in [2.75, 3.05) is 7.11 Å². The van der Waals surface area contributed by atoms with Crippen LogP contribution in [0.4, 0.5) is 8.78 Å². The highest BCUT2D eigenvalue weighted by Crippen LogP contribution is 2.29. The smallest absolute Gasteiger partial charge is 0.130 e. The molecule has 0 aliphatic rings. The lowest BCUT2D eigenvalue weighted by molar-refractivity contribution is 0.414. The Morgan fingerprint density at radius 3 is 2.37 bits per heavy atom. The average Bonchev–Trinajstić information content (AvgIpc) is 2.39. The third-order valence-electron chi connectivity index (χ3n) is 2.87. The minimum Gasteiger partial charge on any atom is -0.497 e. The number of methoxy groups -OCH3 is 1. The topological polar surface area (TPSA) is 9.23 Å². The Morgan fingerprint density at radius 1 is 1.11 bits per heavy atom. The van der Waals surface area contributed by atoms with Crippen molar-refractivity contribution >= 4 is 15.9 Å². The molecule has 1 nitrogen and oxygen atoms in total. The summed E-state index contributed by atoms with van der Waals surface area (Å²) in [7, 11) is 1.61. The molecule has 0 fully saturated rings. The van der Waals surface area contributed by atoms with E-state index in [1.807, 2.05) is 24.3 Å². The summed E-state index contributed by atoms with van der Waals surface area (Å²) in [4.78, 5) is -0.193. The Labute approximate surface area is 119 Å². The molecule has 0 radical (unpaired) electrons. The molecular formula is C15H13BrF2O. The number of hydrogen-bond donors (Lipinski definition) is 0. The van der Waals surface area contributed by atoms with Crippen molar-refractivity contribution in [3.05, 3.63) is 65.2 Å². The van der Waals surface area contributed by atoms with E-state index >= 15 is 0 Å². The Kier molecular flexibility index (Phi) is 4.53. The van der Waals surface area contributed by atoms with Gasteiger partial charge in [-0.05, 0) is 30.2 Å². The van der Waals surface area contributed by atoms with Crippen LogP contribution in [0.1, 0.15) is 16.0 Å². The first kappa shape index (κ1) is 14.0. The molecule has 4 heteroatoms. The van der Waals surface area contributed by atoms with Gasteiger partial charge >= 0.3 is 0 Å². The first-order valence-electron chi connectivity index (χ1n) is 5.82. The second kappa shape index (κ2) is 6.15. The second-order valence-corrected chi connectivity index (χ2v) is 5.29. The summed E-state index contributed by atoms with van der Waals surface area (Å²) in [6.07, 6.45) is 0.618. The highest BCUT2D eigenvalue weighted by molar-refractivity contribution is 9.09. The number of halogens is 3. The van der Waals surface area contributed by atoms with Gasteiger partial charge in [0, 0.05) is 16.5 Å². The molecule has 0 aromatic heterocycles. The van der Waals surface area contributed by atoms with E-state index in [0.29, 0.717) is 12.0 Å². The normalized spacial score (nSPS) is 12.2. The van der Waals surface area contributed by atoms with Gasteiger partial charge in [-0.2, -0.15) is 0 Å². The molecular weight excluding hydrogens is 314 g/mol. The summed E-state index contributed by atoms with van der Waals surface area (Å²) in [6, 6.07) is 11.2. The first-order chi connectivity index (χ1) is 9.10. The highest BCUT2D eigenvalue weighted by Gasteiger charge is 2.14. The van der Waals surface area contributed by atoms with Crippen LogP contribution in [0.2, 0.25) is 0 Å². The van der Waals surface area contributed by atoms with Gasteiger partial charge in [0.25, 0.3) is 0 Å². The maximum Gasteiger partial charge on any atom is 0.130 e. The Morgan fingerprint density at radius 2 is 1.79 bits per heavy atom. The monoisotopic (exact) mass is 326 g/mol. The molecule has 0 aliphatic carbocycles. The number of ether oxygens (including phenoxy) is 1. The molecule has 2 aromatic rings. The number of benzene rings is 2. The van der Waals surface area contributed by atoms with Crippen LogP contribution in [0.3, 0.4) is 0 Å². The quantitative estimate of drug-likeness (QED) is 0.743. The van der Waals surface area contributed by atoms with Gasteiger partial charge in [-0.3, -0.25) is 0 Å². The number of rotatable bonds is 4. The zero-order valence-electron chi connectivity index (χ0n) is 10.4. The Balaban J connectivity index is 2.13. The molecule has 0 saturated carbocycles. The summed E-state index contributed by atoms with van der Waals surface area (Å²) in [5.74, 6) is -0.316. The lowest BCUT2D eigenvalue weighted by atomic mass is 10.0. The van der Waals surface area contributed by atoms with Gasteiger partial charge in [0.1, 0.15) is 17.4 Å². The van der Waals surface area contributed by atoms with E-state index in [1.165, 1.54) is 12.1 Å². The van der Waals surface area contributed by atoms with Crippen molar-refractivity contribution in [1.29, 1.82) is 0 Å². The summed E-state index contributed by atoms with van der Waals surface area (Å²) in [6.45, 7) is 0. The zero-order valence-corrected chi connectivity index (χ0v) is 12.0. The third-order valence-corrected chi connectivity index (χ3v) is 3.69. The molecule has 0 spiro atoms. The van der Waals surface area contributed by atoms with Crippen LogP contribution in [0.15, 0.2) is 42.5 Å². The molecule has 19 heavy (non-hydrogen) atoms. The van der Waals surface area contributed by atoms with Crippen molar-refractivity contribution in [2.45, 2.75) is 11.2 Å². The first-order valence-corrected chi connectivity index (χ1v) is 6.73. The average molecular weight is 327 g/mol. The summed E-state index contributed by atoms with van der Waals surface area (Å²) in [5, 5.41) is 0. The van der Waals surface area contributed by atoms with E-state index in [1.54, 1.807) is 7.11 Å². The van der Waals surface area contributed by atoms with Crippen LogP contribution < -0.4 is 4.74 Å². The summed E-state index contributed by atoms with van der Waals surface area (Å²) < 4.78 is 31.6. The molecule has 1 atom stereocenters. The van der Waals surface area contributed by atoms with E-state index < -0.39 is 11.6 Å². The van der Waals surface area contributed by atoms with Crippen LogP contribution in [-0.4, -0.2) is 7.11 Å². The van der Waals surface area contributed by atoms with Crippen molar-refractivity contribution in [2.24, 2.45) is 0 Å². The minimum absolute atomic E-state index is 0.193.